The molecule has 0 bridgehead atoms. The Bertz CT molecular complexity index is 751. The van der Waals surface area contributed by atoms with Crippen LogP contribution in [0.2, 0.25) is 0 Å². The van der Waals surface area contributed by atoms with Gasteiger partial charge in [0, 0.05) is 37.6 Å². The van der Waals surface area contributed by atoms with Gasteiger partial charge >= 0.3 is 0 Å². The molecule has 0 spiro atoms. The van der Waals surface area contributed by atoms with Crippen molar-refractivity contribution >= 4 is 5.91 Å². The average Bonchev–Trinajstić information content (AvgIpc) is 3.32. The minimum absolute atomic E-state index is 0.101. The number of fused-ring (bicyclic) bond motifs is 1. The SMILES string of the molecule is COc1ccccc1C1Cn2ccnc2CN1CC(=O)N1CCCC1. The molecule has 2 aromatic rings. The molecule has 0 radical (unpaired) electrons. The topological polar surface area (TPSA) is 50.6 Å². The van der Waals surface area contributed by atoms with Gasteiger partial charge in [0.15, 0.2) is 0 Å². The number of likely N-dealkylation sites (tertiary alicyclic amines) is 1. The molecule has 3 heterocycles. The lowest BCUT2D eigenvalue weighted by molar-refractivity contribution is -0.132. The molecule has 1 atom stereocenters. The van der Waals surface area contributed by atoms with Crippen LogP contribution in [0.4, 0.5) is 0 Å². The lowest BCUT2D eigenvalue weighted by atomic mass is 10.0. The summed E-state index contributed by atoms with van der Waals surface area (Å²) < 4.78 is 7.75. The van der Waals surface area contributed by atoms with Crippen molar-refractivity contribution in [2.24, 2.45) is 0 Å². The third kappa shape index (κ3) is 3.14. The monoisotopic (exact) mass is 340 g/mol. The van der Waals surface area contributed by atoms with Gasteiger partial charge in [0.05, 0.1) is 26.2 Å². The van der Waals surface area contributed by atoms with Gasteiger partial charge in [0.25, 0.3) is 0 Å². The molecule has 2 aliphatic rings. The van der Waals surface area contributed by atoms with Crippen molar-refractivity contribution in [3.63, 3.8) is 0 Å². The van der Waals surface area contributed by atoms with E-state index in [0.717, 1.165) is 49.6 Å². The predicted octanol–water partition coefficient (Wildman–Crippen LogP) is 2.07. The fraction of sp³-hybridized carbons (Fsp3) is 0.474. The number of amides is 1. The van der Waals surface area contributed by atoms with Crippen LogP contribution in [-0.4, -0.2) is 52.0 Å². The van der Waals surface area contributed by atoms with Crippen molar-refractivity contribution in [1.82, 2.24) is 19.4 Å². The van der Waals surface area contributed by atoms with Crippen LogP contribution in [0.15, 0.2) is 36.7 Å². The summed E-state index contributed by atoms with van der Waals surface area (Å²) >= 11 is 0. The molecule has 1 amide bonds. The fourth-order valence-electron chi connectivity index (χ4n) is 3.89. The molecule has 0 saturated carbocycles. The van der Waals surface area contributed by atoms with Crippen LogP contribution >= 0.6 is 0 Å². The number of methoxy groups -OCH3 is 1. The summed E-state index contributed by atoms with van der Waals surface area (Å²) in [6, 6.07) is 8.19. The molecule has 6 heteroatoms. The maximum Gasteiger partial charge on any atom is 0.236 e. The maximum atomic E-state index is 12.7. The first-order valence-electron chi connectivity index (χ1n) is 8.91. The van der Waals surface area contributed by atoms with E-state index >= 15 is 0 Å². The van der Waals surface area contributed by atoms with E-state index in [4.69, 9.17) is 4.74 Å². The van der Waals surface area contributed by atoms with E-state index in [9.17, 15) is 4.79 Å². The molecule has 1 aromatic carbocycles. The number of aromatic nitrogens is 2. The largest absolute Gasteiger partial charge is 0.496 e. The second-order valence-electron chi connectivity index (χ2n) is 6.75. The van der Waals surface area contributed by atoms with Crippen molar-refractivity contribution in [2.75, 3.05) is 26.7 Å². The summed E-state index contributed by atoms with van der Waals surface area (Å²) in [5.74, 6) is 2.10. The van der Waals surface area contributed by atoms with Gasteiger partial charge in [-0.1, -0.05) is 18.2 Å². The Labute approximate surface area is 148 Å². The molecule has 6 nitrogen and oxygen atoms in total. The van der Waals surface area contributed by atoms with Gasteiger partial charge in [-0.05, 0) is 18.9 Å². The highest BCUT2D eigenvalue weighted by molar-refractivity contribution is 5.78. The minimum atomic E-state index is 0.101. The van der Waals surface area contributed by atoms with Gasteiger partial charge in [-0.25, -0.2) is 4.98 Å². The number of imidazole rings is 1. The zero-order valence-electron chi connectivity index (χ0n) is 14.6. The van der Waals surface area contributed by atoms with Crippen LogP contribution in [0, 0.1) is 0 Å². The third-order valence-electron chi connectivity index (χ3n) is 5.25. The zero-order chi connectivity index (χ0) is 17.2. The quantitative estimate of drug-likeness (QED) is 0.855. The molecule has 1 fully saturated rings. The number of carbonyl (C=O) groups is 1. The molecule has 4 rings (SSSR count). The zero-order valence-corrected chi connectivity index (χ0v) is 14.6. The number of para-hydroxylation sites is 1. The Morgan fingerprint density at radius 3 is 2.88 bits per heavy atom. The van der Waals surface area contributed by atoms with E-state index in [-0.39, 0.29) is 11.9 Å². The van der Waals surface area contributed by atoms with Crippen LogP contribution in [0.5, 0.6) is 5.75 Å². The first-order chi connectivity index (χ1) is 12.3. The number of carbonyl (C=O) groups excluding carboxylic acids is 1. The number of hydrogen-bond acceptors (Lipinski definition) is 4. The second kappa shape index (κ2) is 6.88. The van der Waals surface area contributed by atoms with Gasteiger partial charge < -0.3 is 14.2 Å². The summed E-state index contributed by atoms with van der Waals surface area (Å²) in [5.41, 5.74) is 1.12. The normalized spacial score (nSPS) is 20.5. The summed E-state index contributed by atoms with van der Waals surface area (Å²) in [4.78, 5) is 21.4. The third-order valence-corrected chi connectivity index (χ3v) is 5.25. The van der Waals surface area contributed by atoms with Gasteiger partial charge in [-0.2, -0.15) is 0 Å². The minimum Gasteiger partial charge on any atom is -0.496 e. The van der Waals surface area contributed by atoms with Crippen molar-refractivity contribution in [3.8, 4) is 5.75 Å². The average molecular weight is 340 g/mol. The van der Waals surface area contributed by atoms with Gasteiger partial charge in [0.1, 0.15) is 11.6 Å². The molecule has 25 heavy (non-hydrogen) atoms. The fourth-order valence-corrected chi connectivity index (χ4v) is 3.89. The lowest BCUT2D eigenvalue weighted by Crippen LogP contribution is -2.44. The van der Waals surface area contributed by atoms with E-state index in [2.05, 4.69) is 20.5 Å². The highest BCUT2D eigenvalue weighted by Gasteiger charge is 2.32. The van der Waals surface area contributed by atoms with E-state index in [1.807, 2.05) is 35.5 Å². The Morgan fingerprint density at radius 2 is 2.08 bits per heavy atom. The Morgan fingerprint density at radius 1 is 1.28 bits per heavy atom. The smallest absolute Gasteiger partial charge is 0.236 e. The van der Waals surface area contributed by atoms with Crippen LogP contribution in [-0.2, 0) is 17.9 Å². The number of rotatable bonds is 4. The highest BCUT2D eigenvalue weighted by atomic mass is 16.5. The molecule has 2 aliphatic heterocycles. The Kier molecular flexibility index (Phi) is 4.44. The molecule has 1 aromatic heterocycles. The Hall–Kier alpha value is -2.34. The summed E-state index contributed by atoms with van der Waals surface area (Å²) in [7, 11) is 1.70. The predicted molar refractivity (Wildman–Crippen MR) is 94.2 cm³/mol. The molecule has 0 N–H and O–H groups in total. The number of nitrogens with zero attached hydrogens (tertiary/aromatic N) is 4. The standard InChI is InChI=1S/C19H24N4O2/c1-25-17-7-3-2-6-15(17)16-12-22-11-8-20-18(22)13-23(16)14-19(24)21-9-4-5-10-21/h2-3,6-8,11,16H,4-5,9-10,12-14H2,1H3. The van der Waals surface area contributed by atoms with Crippen molar-refractivity contribution < 1.29 is 9.53 Å². The van der Waals surface area contributed by atoms with Crippen molar-refractivity contribution in [1.29, 1.82) is 0 Å². The molecule has 1 unspecified atom stereocenters. The summed E-state index contributed by atoms with van der Waals surface area (Å²) in [6.07, 6.45) is 6.08. The molecular formula is C19H24N4O2. The second-order valence-corrected chi connectivity index (χ2v) is 6.75. The first kappa shape index (κ1) is 16.1. The van der Waals surface area contributed by atoms with Gasteiger partial charge in [0.2, 0.25) is 5.91 Å². The van der Waals surface area contributed by atoms with Crippen molar-refractivity contribution in [2.45, 2.75) is 32.0 Å². The van der Waals surface area contributed by atoms with Crippen molar-refractivity contribution in [3.05, 3.63) is 48.0 Å². The van der Waals surface area contributed by atoms with E-state index in [0.29, 0.717) is 13.1 Å². The summed E-state index contributed by atoms with van der Waals surface area (Å²) in [5, 5.41) is 0. The highest BCUT2D eigenvalue weighted by Crippen LogP contribution is 2.34. The van der Waals surface area contributed by atoms with Crippen LogP contribution in [0.1, 0.15) is 30.3 Å². The first-order valence-corrected chi connectivity index (χ1v) is 8.91. The van der Waals surface area contributed by atoms with E-state index in [1.165, 1.54) is 0 Å². The Balaban J connectivity index is 1.62. The molecule has 1 saturated heterocycles. The lowest BCUT2D eigenvalue weighted by Gasteiger charge is -2.37. The molecule has 0 aliphatic carbocycles. The number of ether oxygens (including phenoxy) is 1. The van der Waals surface area contributed by atoms with Gasteiger partial charge in [-0.3, -0.25) is 9.69 Å². The molecule has 132 valence electrons. The van der Waals surface area contributed by atoms with Crippen LogP contribution < -0.4 is 4.74 Å². The van der Waals surface area contributed by atoms with Crippen LogP contribution in [0.3, 0.4) is 0 Å². The van der Waals surface area contributed by atoms with E-state index in [1.54, 1.807) is 7.11 Å². The molecular weight excluding hydrogens is 316 g/mol. The van der Waals surface area contributed by atoms with Gasteiger partial charge in [-0.15, -0.1) is 0 Å². The van der Waals surface area contributed by atoms with E-state index < -0.39 is 0 Å². The number of benzene rings is 1. The maximum absolute atomic E-state index is 12.7. The summed E-state index contributed by atoms with van der Waals surface area (Å²) in [6.45, 7) is 3.66. The number of hydrogen-bond donors (Lipinski definition) is 0. The van der Waals surface area contributed by atoms with Crippen LogP contribution in [0.25, 0.3) is 0 Å².